The molecule has 8 aromatic carbocycles. The van der Waals surface area contributed by atoms with Gasteiger partial charge in [0.1, 0.15) is 37.5 Å². The summed E-state index contributed by atoms with van der Waals surface area (Å²) in [5, 5.41) is 48.5. The molecule has 0 saturated heterocycles. The van der Waals surface area contributed by atoms with E-state index in [1.54, 1.807) is 83.1 Å². The number of ether oxygens (including phenoxy) is 1. The van der Waals surface area contributed by atoms with Gasteiger partial charge < -0.3 is 15.2 Å². The van der Waals surface area contributed by atoms with Gasteiger partial charge in [-0.3, -0.25) is 18.2 Å². The predicted molar refractivity (Wildman–Crippen MR) is 285 cm³/mol. The Kier molecular flexibility index (Phi) is 15.0. The van der Waals surface area contributed by atoms with E-state index in [4.69, 9.17) is 4.74 Å². The van der Waals surface area contributed by atoms with Crippen molar-refractivity contribution in [2.75, 3.05) is 12.4 Å². The molecule has 8 aromatic rings. The van der Waals surface area contributed by atoms with E-state index < -0.39 is 88.0 Å². The molecule has 0 spiro atoms. The van der Waals surface area contributed by atoms with E-state index >= 15 is 0 Å². The highest BCUT2D eigenvalue weighted by atomic mass is 32.2. The lowest BCUT2D eigenvalue weighted by Gasteiger charge is -2.12. The van der Waals surface area contributed by atoms with Crippen LogP contribution < -0.4 is 10.1 Å². The zero-order chi connectivity index (χ0) is 55.9. The molecule has 0 saturated carbocycles. The smallest absolute Gasteiger partial charge is 0.296 e. The third kappa shape index (κ3) is 12.2. The average molecular weight is 1120 g/mol. The van der Waals surface area contributed by atoms with Crippen molar-refractivity contribution in [3.63, 3.8) is 0 Å². The summed E-state index contributed by atoms with van der Waals surface area (Å²) in [6, 6.07) is 28.0. The second kappa shape index (κ2) is 21.0. The summed E-state index contributed by atoms with van der Waals surface area (Å²) in [6.07, 6.45) is 0. The van der Waals surface area contributed by atoms with E-state index in [2.05, 4.69) is 46.2 Å². The molecule has 396 valence electrons. The Labute approximate surface area is 440 Å². The molecule has 0 radical (unpaired) electrons. The predicted octanol–water partition coefficient (Wildman–Crippen LogP) is 13.6. The summed E-state index contributed by atoms with van der Waals surface area (Å²) in [5.41, 5.74) is 5.47. The van der Waals surface area contributed by atoms with Crippen LogP contribution in [0.25, 0.3) is 21.5 Å². The highest BCUT2D eigenvalue weighted by Gasteiger charge is 2.26. The van der Waals surface area contributed by atoms with E-state index in [-0.39, 0.29) is 22.5 Å². The van der Waals surface area contributed by atoms with Crippen molar-refractivity contribution in [1.82, 2.24) is 0 Å². The number of aromatic hydroxyl groups is 1. The molecule has 77 heavy (non-hydrogen) atoms. The van der Waals surface area contributed by atoms with Crippen LogP contribution in [0.2, 0.25) is 0 Å². The Morgan fingerprint density at radius 2 is 0.844 bits per heavy atom. The van der Waals surface area contributed by atoms with Crippen molar-refractivity contribution in [1.29, 1.82) is 0 Å². The molecule has 23 nitrogen and oxygen atoms in total. The van der Waals surface area contributed by atoms with Crippen LogP contribution >= 0.6 is 0 Å². The van der Waals surface area contributed by atoms with Crippen molar-refractivity contribution in [2.45, 2.75) is 54.2 Å². The number of nitrogens with zero attached hydrogens (tertiary/aromatic N) is 8. The Balaban J connectivity index is 1.02. The van der Waals surface area contributed by atoms with E-state index in [1.807, 2.05) is 30.3 Å². The summed E-state index contributed by atoms with van der Waals surface area (Å²) >= 11 is 0. The standard InChI is InChI=1S/C50H43N9O14S4/c1-26-15-40(54-57-43-18-30(5)42(25-45(43)73-6)55-58-44-24-37-32(21-47(44)76(67,68)69)20-35(74(61,62)63)23-46(37)75(64,65)66)27(2)14-38(26)52-53-39-16-29(4)41(17-28(39)3)56-59-49-48(77(70,71)72)22-31-19-34(12-13-36(31)50(49)60)51-33-10-8-7-9-11-33/h7-25,51,60H,1-6H3,(H,61,62,63)(H,64,65,66)(H,67,68,69)(H,70,71,72). The summed E-state index contributed by atoms with van der Waals surface area (Å²) in [7, 11) is -18.9. The SMILES string of the molecule is COc1cc(N=Nc2cc3c(S(=O)(=O)O)cc(S(=O)(=O)O)cc3cc2S(=O)(=O)O)c(C)cc1N=Nc1cc(C)c(N=Nc2cc(C)c(N=Nc3c(S(=O)(=O)O)cc4cc(Nc5ccccc5)ccc4c3O)cc2C)cc1C. The molecule has 0 amide bonds. The van der Waals surface area contributed by atoms with Crippen LogP contribution in [0.4, 0.5) is 56.9 Å². The van der Waals surface area contributed by atoms with E-state index in [1.165, 1.54) is 19.2 Å². The second-order valence-electron chi connectivity index (χ2n) is 17.3. The lowest BCUT2D eigenvalue weighted by molar-refractivity contribution is 0.416. The Morgan fingerprint density at radius 1 is 0.403 bits per heavy atom. The maximum absolute atomic E-state index is 12.6. The van der Waals surface area contributed by atoms with Crippen molar-refractivity contribution in [3.8, 4) is 11.5 Å². The average Bonchev–Trinajstić information content (AvgIpc) is 3.35. The Morgan fingerprint density at radius 3 is 1.34 bits per heavy atom. The number of phenols is 1. The molecule has 27 heteroatoms. The molecule has 0 aliphatic heterocycles. The monoisotopic (exact) mass is 1120 g/mol. The molecular weight excluding hydrogens is 1080 g/mol. The number of nitrogens with one attached hydrogen (secondary N) is 1. The number of azo groups is 4. The van der Waals surface area contributed by atoms with Crippen LogP contribution in [0.15, 0.2) is 176 Å². The highest BCUT2D eigenvalue weighted by Crippen LogP contribution is 2.44. The number of methoxy groups -OCH3 is 1. The van der Waals surface area contributed by atoms with Crippen LogP contribution in [0.5, 0.6) is 11.5 Å². The van der Waals surface area contributed by atoms with Gasteiger partial charge >= 0.3 is 0 Å². The van der Waals surface area contributed by atoms with Gasteiger partial charge in [-0.1, -0.05) is 18.2 Å². The quantitative estimate of drug-likeness (QED) is 0.0410. The number of fused-ring (bicyclic) bond motifs is 2. The van der Waals surface area contributed by atoms with Crippen LogP contribution in [-0.4, -0.2) is 64.1 Å². The minimum atomic E-state index is -5.17. The van der Waals surface area contributed by atoms with Gasteiger partial charge in [0, 0.05) is 28.2 Å². The van der Waals surface area contributed by atoms with Gasteiger partial charge in [-0.2, -0.15) is 59.2 Å². The number of hydrogen-bond acceptors (Lipinski definition) is 19. The molecule has 0 aromatic heterocycles. The van der Waals surface area contributed by atoms with Crippen molar-refractivity contribution in [2.24, 2.45) is 40.9 Å². The van der Waals surface area contributed by atoms with Crippen LogP contribution in [0.3, 0.4) is 0 Å². The first-order chi connectivity index (χ1) is 36.1. The van der Waals surface area contributed by atoms with E-state index in [0.29, 0.717) is 73.8 Å². The minimum absolute atomic E-state index is 0.104. The topological polar surface area (TPSA) is 358 Å². The van der Waals surface area contributed by atoms with Gasteiger partial charge in [-0.05, 0) is 164 Å². The molecule has 0 bridgehead atoms. The molecule has 0 fully saturated rings. The van der Waals surface area contributed by atoms with E-state index in [0.717, 1.165) is 17.8 Å². The Hall–Kier alpha value is -8.28. The fraction of sp³-hybridized carbons (Fsp3) is 0.120. The van der Waals surface area contributed by atoms with Crippen molar-refractivity contribution < 1.29 is 61.7 Å². The molecule has 0 unspecified atom stereocenters. The highest BCUT2D eigenvalue weighted by molar-refractivity contribution is 7.87. The molecular formula is C50H43N9O14S4. The molecule has 6 N–H and O–H groups in total. The first-order valence-electron chi connectivity index (χ1n) is 22.3. The maximum Gasteiger partial charge on any atom is 0.296 e. The van der Waals surface area contributed by atoms with Gasteiger partial charge in [-0.25, -0.2) is 0 Å². The number of benzene rings is 8. The van der Waals surface area contributed by atoms with Crippen LogP contribution in [0.1, 0.15) is 27.8 Å². The molecule has 0 atom stereocenters. The zero-order valence-corrected chi connectivity index (χ0v) is 44.4. The summed E-state index contributed by atoms with van der Waals surface area (Å²) in [4.78, 5) is -3.54. The van der Waals surface area contributed by atoms with Gasteiger partial charge in [0.15, 0.2) is 5.75 Å². The normalized spacial score (nSPS) is 12.8. The number of para-hydroxylation sites is 1. The van der Waals surface area contributed by atoms with Crippen LogP contribution in [0, 0.1) is 34.6 Å². The molecule has 8 rings (SSSR count). The van der Waals surface area contributed by atoms with Crippen molar-refractivity contribution >= 4 is 119 Å². The number of rotatable bonds is 15. The zero-order valence-electron chi connectivity index (χ0n) is 41.1. The van der Waals surface area contributed by atoms with Gasteiger partial charge in [-0.15, -0.1) is 15.3 Å². The second-order valence-corrected chi connectivity index (χ2v) is 22.9. The number of phenolic OH excluding ortho intramolecular Hbond substituents is 1. The fourth-order valence-corrected chi connectivity index (χ4v) is 10.5. The van der Waals surface area contributed by atoms with E-state index in [9.17, 15) is 57.0 Å². The first kappa shape index (κ1) is 55.0. The fourth-order valence-electron chi connectivity index (χ4n) is 7.82. The first-order valence-corrected chi connectivity index (χ1v) is 28.1. The number of aryl methyl sites for hydroxylation is 5. The summed E-state index contributed by atoms with van der Waals surface area (Å²) in [6.45, 7) is 8.69. The summed E-state index contributed by atoms with van der Waals surface area (Å²) in [5.74, 6) is -0.349. The minimum Gasteiger partial charge on any atom is -0.505 e. The third-order valence-corrected chi connectivity index (χ3v) is 15.3. The third-order valence-electron chi connectivity index (χ3n) is 11.8. The van der Waals surface area contributed by atoms with Crippen LogP contribution in [-0.2, 0) is 40.5 Å². The van der Waals surface area contributed by atoms with Gasteiger partial charge in [0.25, 0.3) is 40.5 Å². The lowest BCUT2D eigenvalue weighted by Crippen LogP contribution is -2.05. The molecule has 0 heterocycles. The molecule has 0 aliphatic rings. The Bertz CT molecular complexity index is 4360. The largest absolute Gasteiger partial charge is 0.505 e. The van der Waals surface area contributed by atoms with Crippen molar-refractivity contribution in [3.05, 3.63) is 143 Å². The molecule has 0 aliphatic carbocycles. The van der Waals surface area contributed by atoms with Gasteiger partial charge in [0.05, 0.1) is 40.4 Å². The number of hydrogen-bond donors (Lipinski definition) is 6. The summed E-state index contributed by atoms with van der Waals surface area (Å²) < 4.78 is 143. The maximum atomic E-state index is 12.6. The lowest BCUT2D eigenvalue weighted by atomic mass is 10.1. The number of anilines is 2. The van der Waals surface area contributed by atoms with Gasteiger partial charge in [0.2, 0.25) is 0 Å².